The minimum atomic E-state index is 0.500. The van der Waals surface area contributed by atoms with Gasteiger partial charge in [-0.1, -0.05) is 5.04 Å². The Bertz CT molecular complexity index is 101. The molecule has 0 atom stereocenters. The van der Waals surface area contributed by atoms with Crippen molar-refractivity contribution < 1.29 is 33.8 Å². The van der Waals surface area contributed by atoms with Gasteiger partial charge in [-0.25, -0.2) is 9.78 Å². The zero-order valence-corrected chi connectivity index (χ0v) is 9.93. The summed E-state index contributed by atoms with van der Waals surface area (Å²) in [5.41, 5.74) is 0. The first-order chi connectivity index (χ1) is 8.50. The topological polar surface area (TPSA) is 64.6 Å². The van der Waals surface area contributed by atoms with Crippen molar-refractivity contribution >= 4 is 0 Å². The van der Waals surface area contributed by atoms with Gasteiger partial charge in [0.25, 0.3) is 0 Å². The lowest BCUT2D eigenvalue weighted by Crippen LogP contribution is -2.16. The van der Waals surface area contributed by atoms with Gasteiger partial charge in [-0.3, -0.25) is 0 Å². The van der Waals surface area contributed by atoms with E-state index in [0.29, 0.717) is 20.0 Å². The molecule has 17 heavy (non-hydrogen) atoms. The van der Waals surface area contributed by atoms with Crippen LogP contribution in [0.4, 0.5) is 0 Å². The molecule has 3 aliphatic heterocycles. The molecule has 3 saturated heterocycles. The van der Waals surface area contributed by atoms with Gasteiger partial charge in [-0.05, 0) is 0 Å². The van der Waals surface area contributed by atoms with E-state index in [-0.39, 0.29) is 0 Å². The van der Waals surface area contributed by atoms with E-state index in [1.807, 2.05) is 0 Å². The highest BCUT2D eigenvalue weighted by atomic mass is 17.5. The molecule has 3 rings (SSSR count). The largest absolute Gasteiger partial charge is 0.377 e. The molecule has 7 nitrogen and oxygen atoms in total. The van der Waals surface area contributed by atoms with E-state index in [4.69, 9.17) is 18.9 Å². The van der Waals surface area contributed by atoms with Crippen molar-refractivity contribution in [3.63, 3.8) is 0 Å². The quantitative estimate of drug-likeness (QED) is 0.574. The molecule has 7 heteroatoms. The molecule has 0 spiro atoms. The lowest BCUT2D eigenvalue weighted by molar-refractivity contribution is -0.532. The Hall–Kier alpha value is -0.280. The van der Waals surface area contributed by atoms with E-state index >= 15 is 0 Å². The summed E-state index contributed by atoms with van der Waals surface area (Å²) in [7, 11) is 0. The van der Waals surface area contributed by atoms with Gasteiger partial charge in [-0.2, -0.15) is 0 Å². The number of hydrogen-bond acceptors (Lipinski definition) is 7. The third-order valence-electron chi connectivity index (χ3n) is 1.83. The van der Waals surface area contributed by atoms with Crippen LogP contribution in [0, 0.1) is 0 Å². The number of rotatable bonds is 0. The van der Waals surface area contributed by atoms with E-state index in [0.717, 1.165) is 46.1 Å². The van der Waals surface area contributed by atoms with Gasteiger partial charge < -0.3 is 18.9 Å². The standard InChI is InChI=1S/C4H8O2.C3H6O3.C3H6O2/c1-2-6-4-3-5-1;1-2-4-6-5-3-1;1-2-5-3-4-1/h1-4H2;1-3H2;1-3H2. The first-order valence-corrected chi connectivity index (χ1v) is 5.72. The first-order valence-electron chi connectivity index (χ1n) is 5.72. The third-order valence-corrected chi connectivity index (χ3v) is 1.83. The summed E-state index contributed by atoms with van der Waals surface area (Å²) >= 11 is 0. The number of hydrogen-bond donors (Lipinski definition) is 0. The second-order valence-electron chi connectivity index (χ2n) is 3.22. The molecule has 0 unspecified atom stereocenters. The molecule has 0 aromatic heterocycles. The molecular weight excluding hydrogens is 232 g/mol. The highest BCUT2D eigenvalue weighted by Gasteiger charge is 1.96. The lowest BCUT2D eigenvalue weighted by atomic mass is 10.5. The van der Waals surface area contributed by atoms with Crippen LogP contribution in [0.5, 0.6) is 0 Å². The Morgan fingerprint density at radius 1 is 0.471 bits per heavy atom. The zero-order chi connectivity index (χ0) is 12.0. The molecular formula is C10H20O7. The number of ether oxygens (including phenoxy) is 4. The van der Waals surface area contributed by atoms with E-state index in [1.165, 1.54) is 0 Å². The van der Waals surface area contributed by atoms with E-state index in [2.05, 4.69) is 14.8 Å². The van der Waals surface area contributed by atoms with Gasteiger partial charge in [0.15, 0.2) is 0 Å². The van der Waals surface area contributed by atoms with Gasteiger partial charge in [-0.15, -0.1) is 0 Å². The molecule has 0 aliphatic carbocycles. The molecule has 0 saturated carbocycles. The molecule has 0 aromatic rings. The Morgan fingerprint density at radius 3 is 1.12 bits per heavy atom. The van der Waals surface area contributed by atoms with Crippen LogP contribution in [0.3, 0.4) is 0 Å². The highest BCUT2D eigenvalue weighted by Crippen LogP contribution is 1.93. The highest BCUT2D eigenvalue weighted by molar-refractivity contribution is 4.37. The first kappa shape index (κ1) is 14.8. The van der Waals surface area contributed by atoms with Crippen molar-refractivity contribution in [2.24, 2.45) is 0 Å². The fourth-order valence-electron chi connectivity index (χ4n) is 1.01. The smallest absolute Gasteiger partial charge is 0.146 e. The molecule has 3 aliphatic rings. The Labute approximate surface area is 101 Å². The van der Waals surface area contributed by atoms with Crippen LogP contribution in [-0.2, 0) is 33.8 Å². The second-order valence-corrected chi connectivity index (χ2v) is 3.22. The molecule has 3 heterocycles. The van der Waals surface area contributed by atoms with Crippen LogP contribution in [-0.4, -0.2) is 59.6 Å². The maximum absolute atomic E-state index is 4.94. The predicted octanol–water partition coefficient (Wildman–Crippen LogP) is 0.294. The molecule has 0 radical (unpaired) electrons. The zero-order valence-electron chi connectivity index (χ0n) is 9.93. The summed E-state index contributed by atoms with van der Waals surface area (Å²) in [6.07, 6.45) is 0.931. The molecule has 0 bridgehead atoms. The summed E-state index contributed by atoms with van der Waals surface area (Å²) in [5.74, 6) is 0. The van der Waals surface area contributed by atoms with E-state index in [9.17, 15) is 0 Å². The average molecular weight is 252 g/mol. The van der Waals surface area contributed by atoms with Crippen molar-refractivity contribution in [1.29, 1.82) is 0 Å². The van der Waals surface area contributed by atoms with Crippen molar-refractivity contribution in [3.8, 4) is 0 Å². The lowest BCUT2D eigenvalue weighted by Gasteiger charge is -2.09. The monoisotopic (exact) mass is 252 g/mol. The predicted molar refractivity (Wildman–Crippen MR) is 56.0 cm³/mol. The molecule has 102 valence electrons. The van der Waals surface area contributed by atoms with Gasteiger partial charge in [0.1, 0.15) is 6.79 Å². The van der Waals surface area contributed by atoms with Gasteiger partial charge in [0.05, 0.1) is 52.9 Å². The summed E-state index contributed by atoms with van der Waals surface area (Å²) in [5, 5.41) is 4.07. The van der Waals surface area contributed by atoms with Crippen molar-refractivity contribution in [2.45, 2.75) is 6.42 Å². The van der Waals surface area contributed by atoms with E-state index < -0.39 is 0 Å². The molecule has 3 fully saturated rings. The maximum atomic E-state index is 4.94. The summed E-state index contributed by atoms with van der Waals surface area (Å²) in [6, 6.07) is 0. The average Bonchev–Trinajstić information content (AvgIpc) is 3.03. The van der Waals surface area contributed by atoms with Crippen LogP contribution in [0.2, 0.25) is 0 Å². The van der Waals surface area contributed by atoms with Crippen LogP contribution < -0.4 is 0 Å². The van der Waals surface area contributed by atoms with Crippen molar-refractivity contribution in [2.75, 3.05) is 59.6 Å². The normalized spacial score (nSPS) is 24.0. The molecule has 0 amide bonds. The Morgan fingerprint density at radius 2 is 0.941 bits per heavy atom. The van der Waals surface area contributed by atoms with Gasteiger partial charge in [0.2, 0.25) is 0 Å². The van der Waals surface area contributed by atoms with E-state index in [1.54, 1.807) is 0 Å². The fraction of sp³-hybridized carbons (Fsp3) is 1.00. The third kappa shape index (κ3) is 10.6. The SMILES string of the molecule is C1COCCO1.C1COCO1.C1COOOC1. The van der Waals surface area contributed by atoms with Crippen LogP contribution in [0.15, 0.2) is 0 Å². The second kappa shape index (κ2) is 12.2. The minimum absolute atomic E-state index is 0.500. The van der Waals surface area contributed by atoms with Crippen LogP contribution >= 0.6 is 0 Å². The van der Waals surface area contributed by atoms with Crippen LogP contribution in [0.25, 0.3) is 0 Å². The Kier molecular flexibility index (Phi) is 10.6. The van der Waals surface area contributed by atoms with Crippen LogP contribution in [0.1, 0.15) is 6.42 Å². The maximum Gasteiger partial charge on any atom is 0.146 e. The summed E-state index contributed by atoms with van der Waals surface area (Å²) in [4.78, 5) is 8.69. The summed E-state index contributed by atoms with van der Waals surface area (Å²) in [6.45, 7) is 6.47. The fourth-order valence-corrected chi connectivity index (χ4v) is 1.01. The minimum Gasteiger partial charge on any atom is -0.377 e. The van der Waals surface area contributed by atoms with Gasteiger partial charge >= 0.3 is 0 Å². The molecule has 0 aromatic carbocycles. The van der Waals surface area contributed by atoms with Crippen molar-refractivity contribution in [1.82, 2.24) is 0 Å². The summed E-state index contributed by atoms with van der Waals surface area (Å²) < 4.78 is 19.3. The Balaban J connectivity index is 0.000000128. The molecule has 0 N–H and O–H groups in total. The van der Waals surface area contributed by atoms with Gasteiger partial charge in [0, 0.05) is 6.42 Å². The van der Waals surface area contributed by atoms with Crippen molar-refractivity contribution in [3.05, 3.63) is 0 Å².